The summed E-state index contributed by atoms with van der Waals surface area (Å²) in [7, 11) is 2.20. The number of hydrogen-bond donors (Lipinski definition) is 0. The first-order valence-corrected chi connectivity index (χ1v) is 7.99. The Labute approximate surface area is 131 Å². The number of pyridine rings is 1. The lowest BCUT2D eigenvalue weighted by Gasteiger charge is -2.24. The molecule has 3 heterocycles. The van der Waals surface area contributed by atoms with E-state index in [-0.39, 0.29) is 0 Å². The van der Waals surface area contributed by atoms with Crippen molar-refractivity contribution in [1.82, 2.24) is 14.5 Å². The third kappa shape index (κ3) is 2.32. The highest BCUT2D eigenvalue weighted by Crippen LogP contribution is 2.30. The average molecular weight is 291 g/mol. The van der Waals surface area contributed by atoms with Crippen LogP contribution in [0.2, 0.25) is 0 Å². The fraction of sp³-hybridized carbons (Fsp3) is 0.316. The van der Waals surface area contributed by atoms with Crippen LogP contribution in [0.5, 0.6) is 0 Å². The number of rotatable bonds is 3. The van der Waals surface area contributed by atoms with E-state index < -0.39 is 0 Å². The minimum atomic E-state index is 1.04. The minimum absolute atomic E-state index is 1.04. The van der Waals surface area contributed by atoms with Gasteiger partial charge in [-0.3, -0.25) is 4.98 Å². The predicted molar refractivity (Wildman–Crippen MR) is 89.9 cm³/mol. The summed E-state index contributed by atoms with van der Waals surface area (Å²) in [5, 5.41) is 1.33. The maximum atomic E-state index is 4.35. The molecule has 0 spiro atoms. The molecule has 1 aromatic carbocycles. The van der Waals surface area contributed by atoms with Gasteiger partial charge >= 0.3 is 0 Å². The summed E-state index contributed by atoms with van der Waals surface area (Å²) in [4.78, 5) is 6.74. The van der Waals surface area contributed by atoms with Crippen molar-refractivity contribution in [2.45, 2.75) is 25.9 Å². The van der Waals surface area contributed by atoms with Crippen LogP contribution >= 0.6 is 0 Å². The summed E-state index contributed by atoms with van der Waals surface area (Å²) in [6, 6.07) is 12.9. The molecule has 0 saturated heterocycles. The lowest BCUT2D eigenvalue weighted by molar-refractivity contribution is 0.309. The number of hydrogen-bond acceptors (Lipinski definition) is 2. The molecule has 22 heavy (non-hydrogen) atoms. The van der Waals surface area contributed by atoms with Crippen molar-refractivity contribution in [3.8, 4) is 0 Å². The van der Waals surface area contributed by atoms with Gasteiger partial charge < -0.3 is 9.47 Å². The third-order valence-corrected chi connectivity index (χ3v) is 4.71. The van der Waals surface area contributed by atoms with Crippen LogP contribution in [-0.4, -0.2) is 28.0 Å². The summed E-state index contributed by atoms with van der Waals surface area (Å²) in [5.41, 5.74) is 5.73. The third-order valence-electron chi connectivity index (χ3n) is 4.71. The Balaban J connectivity index is 1.74. The summed E-state index contributed by atoms with van der Waals surface area (Å²) < 4.78 is 2.52. The highest BCUT2D eigenvalue weighted by atomic mass is 15.1. The van der Waals surface area contributed by atoms with Crippen molar-refractivity contribution in [1.29, 1.82) is 0 Å². The van der Waals surface area contributed by atoms with Crippen LogP contribution in [0.25, 0.3) is 10.9 Å². The van der Waals surface area contributed by atoms with Gasteiger partial charge in [-0.2, -0.15) is 0 Å². The molecular formula is C19H21N3. The number of benzene rings is 1. The Bertz CT molecular complexity index is 789. The molecule has 112 valence electrons. The molecule has 0 fully saturated rings. The van der Waals surface area contributed by atoms with Crippen LogP contribution in [0.4, 0.5) is 0 Å². The largest absolute Gasteiger partial charge is 0.344 e. The first-order chi connectivity index (χ1) is 10.8. The fourth-order valence-corrected chi connectivity index (χ4v) is 3.57. The van der Waals surface area contributed by atoms with Crippen LogP contribution in [-0.2, 0) is 25.9 Å². The fourth-order valence-electron chi connectivity index (χ4n) is 3.57. The normalized spacial score (nSPS) is 15.1. The molecule has 0 atom stereocenters. The Morgan fingerprint density at radius 3 is 2.86 bits per heavy atom. The molecule has 4 rings (SSSR count). The SMILES string of the molecule is CN1CCc2c(c3cnccc3n2CCc2ccccc2)C1. The molecule has 0 radical (unpaired) electrons. The minimum Gasteiger partial charge on any atom is -0.344 e. The van der Waals surface area contributed by atoms with Crippen molar-refractivity contribution in [3.05, 3.63) is 65.6 Å². The van der Waals surface area contributed by atoms with Gasteiger partial charge in [0.2, 0.25) is 0 Å². The Hall–Kier alpha value is -2.13. The van der Waals surface area contributed by atoms with E-state index in [4.69, 9.17) is 0 Å². The van der Waals surface area contributed by atoms with Gasteiger partial charge in [0, 0.05) is 49.5 Å². The summed E-state index contributed by atoms with van der Waals surface area (Å²) in [6.07, 6.45) is 6.16. The number of aromatic nitrogens is 2. The molecule has 0 amide bonds. The van der Waals surface area contributed by atoms with E-state index in [1.807, 2.05) is 12.4 Å². The van der Waals surface area contributed by atoms with Crippen molar-refractivity contribution >= 4 is 10.9 Å². The average Bonchev–Trinajstić information content (AvgIpc) is 2.87. The standard InChI is InChI=1S/C19H21N3/c1-21-11-9-19-17(14-21)16-13-20-10-7-18(16)22(19)12-8-15-5-3-2-4-6-15/h2-7,10,13H,8-9,11-12,14H2,1H3. The number of nitrogens with zero attached hydrogens (tertiary/aromatic N) is 3. The highest BCUT2D eigenvalue weighted by Gasteiger charge is 2.22. The van der Waals surface area contributed by atoms with E-state index in [0.717, 1.165) is 32.5 Å². The van der Waals surface area contributed by atoms with Crippen molar-refractivity contribution < 1.29 is 0 Å². The van der Waals surface area contributed by atoms with E-state index in [2.05, 4.69) is 57.9 Å². The second-order valence-corrected chi connectivity index (χ2v) is 6.19. The molecular weight excluding hydrogens is 270 g/mol. The molecule has 0 N–H and O–H groups in total. The highest BCUT2D eigenvalue weighted by molar-refractivity contribution is 5.84. The van der Waals surface area contributed by atoms with Crippen LogP contribution in [0.1, 0.15) is 16.8 Å². The topological polar surface area (TPSA) is 21.1 Å². The zero-order valence-corrected chi connectivity index (χ0v) is 13.0. The zero-order chi connectivity index (χ0) is 14.9. The van der Waals surface area contributed by atoms with Crippen LogP contribution in [0.15, 0.2) is 48.8 Å². The summed E-state index contributed by atoms with van der Waals surface area (Å²) in [6.45, 7) is 3.22. The van der Waals surface area contributed by atoms with Crippen molar-refractivity contribution in [2.75, 3.05) is 13.6 Å². The first-order valence-electron chi connectivity index (χ1n) is 7.99. The molecule has 3 aromatic rings. The Morgan fingerprint density at radius 1 is 1.14 bits per heavy atom. The maximum Gasteiger partial charge on any atom is 0.0517 e. The molecule has 2 aromatic heterocycles. The molecule has 1 aliphatic heterocycles. The van der Waals surface area contributed by atoms with Crippen LogP contribution in [0.3, 0.4) is 0 Å². The second-order valence-electron chi connectivity index (χ2n) is 6.19. The number of aryl methyl sites for hydroxylation is 2. The quantitative estimate of drug-likeness (QED) is 0.738. The first kappa shape index (κ1) is 13.5. The zero-order valence-electron chi connectivity index (χ0n) is 13.0. The number of likely N-dealkylation sites (N-methyl/N-ethyl adjacent to an activating group) is 1. The van der Waals surface area contributed by atoms with Gasteiger partial charge in [-0.15, -0.1) is 0 Å². The van der Waals surface area contributed by atoms with Gasteiger partial charge in [-0.05, 0) is 30.7 Å². The number of fused-ring (bicyclic) bond motifs is 3. The van der Waals surface area contributed by atoms with Gasteiger partial charge in [0.25, 0.3) is 0 Å². The van der Waals surface area contributed by atoms with Crippen molar-refractivity contribution in [3.63, 3.8) is 0 Å². The molecule has 3 heteroatoms. The second kappa shape index (κ2) is 5.58. The van der Waals surface area contributed by atoms with Gasteiger partial charge in [0.15, 0.2) is 0 Å². The monoisotopic (exact) mass is 291 g/mol. The van der Waals surface area contributed by atoms with E-state index in [0.29, 0.717) is 0 Å². The van der Waals surface area contributed by atoms with Gasteiger partial charge in [0.05, 0.1) is 5.52 Å². The molecule has 0 bridgehead atoms. The summed E-state index contributed by atoms with van der Waals surface area (Å²) >= 11 is 0. The van der Waals surface area contributed by atoms with Crippen LogP contribution in [0, 0.1) is 0 Å². The molecule has 0 unspecified atom stereocenters. The predicted octanol–water partition coefficient (Wildman–Crippen LogP) is 3.27. The van der Waals surface area contributed by atoms with Gasteiger partial charge in [0.1, 0.15) is 0 Å². The Kier molecular flexibility index (Phi) is 3.43. The van der Waals surface area contributed by atoms with E-state index in [9.17, 15) is 0 Å². The summed E-state index contributed by atoms with van der Waals surface area (Å²) in [5.74, 6) is 0. The lowest BCUT2D eigenvalue weighted by Crippen LogP contribution is -2.27. The van der Waals surface area contributed by atoms with E-state index in [1.165, 1.54) is 27.7 Å². The molecule has 0 aliphatic carbocycles. The molecule has 3 nitrogen and oxygen atoms in total. The molecule has 0 saturated carbocycles. The van der Waals surface area contributed by atoms with Gasteiger partial charge in [-0.25, -0.2) is 0 Å². The van der Waals surface area contributed by atoms with Crippen LogP contribution < -0.4 is 0 Å². The van der Waals surface area contributed by atoms with E-state index >= 15 is 0 Å². The smallest absolute Gasteiger partial charge is 0.0517 e. The van der Waals surface area contributed by atoms with Crippen molar-refractivity contribution in [2.24, 2.45) is 0 Å². The Morgan fingerprint density at radius 2 is 2.00 bits per heavy atom. The maximum absolute atomic E-state index is 4.35. The molecule has 1 aliphatic rings. The lowest BCUT2D eigenvalue weighted by atomic mass is 10.1. The van der Waals surface area contributed by atoms with Gasteiger partial charge in [-0.1, -0.05) is 30.3 Å². The van der Waals surface area contributed by atoms with E-state index in [1.54, 1.807) is 0 Å².